The third-order valence-electron chi connectivity index (χ3n) is 3.00. The molecule has 1 aliphatic rings. The first-order valence-corrected chi connectivity index (χ1v) is 5.66. The second kappa shape index (κ2) is 4.51. The maximum Gasteiger partial charge on any atom is 0.271 e. The van der Waals surface area contributed by atoms with Crippen molar-refractivity contribution in [1.82, 2.24) is 0 Å². The quantitative estimate of drug-likeness (QED) is 0.612. The smallest absolute Gasteiger partial charge is 0.271 e. The van der Waals surface area contributed by atoms with Gasteiger partial charge in [-0.3, -0.25) is 10.1 Å². The lowest BCUT2D eigenvalue weighted by Crippen LogP contribution is -2.04. The maximum absolute atomic E-state index is 10.6. The zero-order valence-corrected chi connectivity index (χ0v) is 9.40. The van der Waals surface area contributed by atoms with E-state index >= 15 is 0 Å². The lowest BCUT2D eigenvalue weighted by atomic mass is 10.1. The maximum atomic E-state index is 10.6. The molecule has 4 heteroatoms. The summed E-state index contributed by atoms with van der Waals surface area (Å²) in [6.07, 6.45) is 3.85. The van der Waals surface area contributed by atoms with Crippen molar-refractivity contribution < 1.29 is 4.92 Å². The molecule has 4 nitrogen and oxygen atoms in total. The summed E-state index contributed by atoms with van der Waals surface area (Å²) in [6.45, 7) is 2.87. The molecule has 0 spiro atoms. The number of anilines is 1. The molecule has 0 unspecified atom stereocenters. The fraction of sp³-hybridized carbons (Fsp3) is 0.500. The van der Waals surface area contributed by atoms with Gasteiger partial charge in [0, 0.05) is 24.4 Å². The van der Waals surface area contributed by atoms with Gasteiger partial charge in [-0.2, -0.15) is 0 Å². The second-order valence-corrected chi connectivity index (χ2v) is 4.42. The summed E-state index contributed by atoms with van der Waals surface area (Å²) in [5.74, 6) is 0.881. The molecule has 0 heterocycles. The zero-order valence-electron chi connectivity index (χ0n) is 9.40. The van der Waals surface area contributed by atoms with Crippen LogP contribution in [0.25, 0.3) is 0 Å². The van der Waals surface area contributed by atoms with Crippen molar-refractivity contribution in [3.05, 3.63) is 33.9 Å². The second-order valence-electron chi connectivity index (χ2n) is 4.42. The summed E-state index contributed by atoms with van der Waals surface area (Å²) in [5.41, 5.74) is 2.09. The largest absolute Gasteiger partial charge is 0.385 e. The van der Waals surface area contributed by atoms with E-state index in [4.69, 9.17) is 0 Å². The SMILES string of the molecule is Cc1ccc([N+](=O)[O-])cc1NCCC1CC1. The van der Waals surface area contributed by atoms with Gasteiger partial charge in [-0.05, 0) is 24.8 Å². The van der Waals surface area contributed by atoms with Gasteiger partial charge >= 0.3 is 0 Å². The van der Waals surface area contributed by atoms with E-state index in [0.29, 0.717) is 0 Å². The number of nitro benzene ring substituents is 1. The van der Waals surface area contributed by atoms with E-state index in [1.54, 1.807) is 18.2 Å². The van der Waals surface area contributed by atoms with Crippen LogP contribution in [0.2, 0.25) is 0 Å². The zero-order chi connectivity index (χ0) is 11.5. The van der Waals surface area contributed by atoms with Crippen molar-refractivity contribution in [2.75, 3.05) is 11.9 Å². The Morgan fingerprint density at radius 3 is 2.88 bits per heavy atom. The molecule has 1 N–H and O–H groups in total. The summed E-state index contributed by atoms with van der Waals surface area (Å²) in [4.78, 5) is 10.3. The van der Waals surface area contributed by atoms with Gasteiger partial charge in [0.15, 0.2) is 0 Å². The normalized spacial score (nSPS) is 14.8. The molecule has 0 radical (unpaired) electrons. The standard InChI is InChI=1S/C12H16N2O2/c1-9-2-5-11(14(15)16)8-12(9)13-7-6-10-3-4-10/h2,5,8,10,13H,3-4,6-7H2,1H3. The van der Waals surface area contributed by atoms with Gasteiger partial charge in [0.1, 0.15) is 0 Å². The molecule has 0 aromatic heterocycles. The summed E-state index contributed by atoms with van der Waals surface area (Å²) < 4.78 is 0. The molecule has 1 fully saturated rings. The van der Waals surface area contributed by atoms with Crippen molar-refractivity contribution in [3.63, 3.8) is 0 Å². The Labute approximate surface area is 94.8 Å². The molecule has 16 heavy (non-hydrogen) atoms. The van der Waals surface area contributed by atoms with Crippen LogP contribution in [0.15, 0.2) is 18.2 Å². The van der Waals surface area contributed by atoms with Gasteiger partial charge in [0.25, 0.3) is 5.69 Å². The van der Waals surface area contributed by atoms with Gasteiger partial charge < -0.3 is 5.32 Å². The van der Waals surface area contributed by atoms with Crippen LogP contribution >= 0.6 is 0 Å². The monoisotopic (exact) mass is 220 g/mol. The number of nitrogens with zero attached hydrogens (tertiary/aromatic N) is 1. The van der Waals surface area contributed by atoms with Gasteiger partial charge in [-0.1, -0.05) is 18.9 Å². The van der Waals surface area contributed by atoms with Crippen molar-refractivity contribution in [1.29, 1.82) is 0 Å². The topological polar surface area (TPSA) is 55.2 Å². The predicted octanol–water partition coefficient (Wildman–Crippen LogP) is 3.12. The van der Waals surface area contributed by atoms with Crippen molar-refractivity contribution in [2.24, 2.45) is 5.92 Å². The molecule has 1 aromatic rings. The fourth-order valence-electron chi connectivity index (χ4n) is 1.73. The third kappa shape index (κ3) is 2.72. The molecule has 0 saturated heterocycles. The highest BCUT2D eigenvalue weighted by Crippen LogP contribution is 2.32. The Kier molecular flexibility index (Phi) is 3.08. The molecule has 1 saturated carbocycles. The number of nitro groups is 1. The number of benzene rings is 1. The number of hydrogen-bond acceptors (Lipinski definition) is 3. The van der Waals surface area contributed by atoms with E-state index in [0.717, 1.165) is 23.7 Å². The highest BCUT2D eigenvalue weighted by atomic mass is 16.6. The molecule has 0 amide bonds. The highest BCUT2D eigenvalue weighted by molar-refractivity contribution is 5.56. The number of nitrogens with one attached hydrogen (secondary N) is 1. The van der Waals surface area contributed by atoms with Crippen LogP contribution in [-0.4, -0.2) is 11.5 Å². The van der Waals surface area contributed by atoms with E-state index < -0.39 is 0 Å². The third-order valence-corrected chi connectivity index (χ3v) is 3.00. The van der Waals surface area contributed by atoms with Crippen LogP contribution in [-0.2, 0) is 0 Å². The van der Waals surface area contributed by atoms with E-state index in [1.165, 1.54) is 19.3 Å². The van der Waals surface area contributed by atoms with Gasteiger partial charge in [0.2, 0.25) is 0 Å². The molecule has 2 rings (SSSR count). The summed E-state index contributed by atoms with van der Waals surface area (Å²) >= 11 is 0. The minimum atomic E-state index is -0.356. The predicted molar refractivity (Wildman–Crippen MR) is 63.7 cm³/mol. The van der Waals surface area contributed by atoms with Crippen molar-refractivity contribution in [3.8, 4) is 0 Å². The van der Waals surface area contributed by atoms with Gasteiger partial charge in [-0.25, -0.2) is 0 Å². The van der Waals surface area contributed by atoms with Crippen LogP contribution < -0.4 is 5.32 Å². The summed E-state index contributed by atoms with van der Waals surface area (Å²) in [6, 6.07) is 4.95. The van der Waals surface area contributed by atoms with E-state index in [1.807, 2.05) is 6.92 Å². The highest BCUT2D eigenvalue weighted by Gasteiger charge is 2.20. The number of non-ortho nitro benzene ring substituents is 1. The fourth-order valence-corrected chi connectivity index (χ4v) is 1.73. The van der Waals surface area contributed by atoms with Gasteiger partial charge in [0.05, 0.1) is 4.92 Å². The minimum absolute atomic E-state index is 0.152. The molecule has 86 valence electrons. The lowest BCUT2D eigenvalue weighted by molar-refractivity contribution is -0.384. The first-order chi connectivity index (χ1) is 7.66. The first-order valence-electron chi connectivity index (χ1n) is 5.66. The lowest BCUT2D eigenvalue weighted by Gasteiger charge is -2.08. The van der Waals surface area contributed by atoms with Crippen LogP contribution in [0.5, 0.6) is 0 Å². The molecule has 1 aliphatic carbocycles. The molecule has 0 bridgehead atoms. The van der Waals surface area contributed by atoms with Gasteiger partial charge in [-0.15, -0.1) is 0 Å². The van der Waals surface area contributed by atoms with Crippen LogP contribution in [0.4, 0.5) is 11.4 Å². The Bertz CT molecular complexity index is 400. The number of rotatable bonds is 5. The first kappa shape index (κ1) is 10.9. The van der Waals surface area contributed by atoms with Crippen LogP contribution in [0.1, 0.15) is 24.8 Å². The van der Waals surface area contributed by atoms with Crippen molar-refractivity contribution >= 4 is 11.4 Å². The van der Waals surface area contributed by atoms with Crippen LogP contribution in [0, 0.1) is 23.0 Å². The molecule has 0 aliphatic heterocycles. The Morgan fingerprint density at radius 1 is 1.50 bits per heavy atom. The Hall–Kier alpha value is -1.58. The molecule has 0 atom stereocenters. The molecular formula is C12H16N2O2. The van der Waals surface area contributed by atoms with E-state index in [-0.39, 0.29) is 10.6 Å². The summed E-state index contributed by atoms with van der Waals surface area (Å²) in [5, 5.41) is 13.9. The molecular weight excluding hydrogens is 204 g/mol. The van der Waals surface area contributed by atoms with Crippen molar-refractivity contribution in [2.45, 2.75) is 26.2 Å². The summed E-state index contributed by atoms with van der Waals surface area (Å²) in [7, 11) is 0. The molecule has 1 aromatic carbocycles. The number of aryl methyl sites for hydroxylation is 1. The Balaban J connectivity index is 1.99. The van der Waals surface area contributed by atoms with E-state index in [9.17, 15) is 10.1 Å². The van der Waals surface area contributed by atoms with E-state index in [2.05, 4.69) is 5.32 Å². The van der Waals surface area contributed by atoms with Crippen LogP contribution in [0.3, 0.4) is 0 Å². The average molecular weight is 220 g/mol. The average Bonchev–Trinajstić information content (AvgIpc) is 3.04. The Morgan fingerprint density at radius 2 is 2.25 bits per heavy atom. The number of hydrogen-bond donors (Lipinski definition) is 1. The minimum Gasteiger partial charge on any atom is -0.385 e.